The van der Waals surface area contributed by atoms with Gasteiger partial charge < -0.3 is 14.9 Å². The summed E-state index contributed by atoms with van der Waals surface area (Å²) in [6.07, 6.45) is 0.982. The first-order valence-electron chi connectivity index (χ1n) is 10.4. The first-order chi connectivity index (χ1) is 14.0. The summed E-state index contributed by atoms with van der Waals surface area (Å²) in [6, 6.07) is 19.0. The second-order valence-electron chi connectivity index (χ2n) is 8.19. The second-order valence-corrected chi connectivity index (χ2v) is 10.1. The maximum atomic E-state index is 12.8. The van der Waals surface area contributed by atoms with Crippen LogP contribution >= 0.6 is 0 Å². The Morgan fingerprint density at radius 3 is 2.00 bits per heavy atom. The van der Waals surface area contributed by atoms with Crippen LogP contribution in [-0.4, -0.2) is 69.2 Å². The molecular formula is C22H30N3O3S+. The van der Waals surface area contributed by atoms with Gasteiger partial charge in [0.2, 0.25) is 10.0 Å². The molecule has 4 rings (SSSR count). The lowest BCUT2D eigenvalue weighted by Gasteiger charge is -2.41. The van der Waals surface area contributed by atoms with Gasteiger partial charge in [0.1, 0.15) is 12.1 Å². The average molecular weight is 417 g/mol. The molecule has 0 saturated carbocycles. The van der Waals surface area contributed by atoms with E-state index >= 15 is 0 Å². The van der Waals surface area contributed by atoms with E-state index in [1.165, 1.54) is 14.9 Å². The number of rotatable bonds is 5. The number of piperidine rings is 1. The van der Waals surface area contributed by atoms with Crippen LogP contribution in [0.3, 0.4) is 0 Å². The zero-order chi connectivity index (χ0) is 20.3. The number of para-hydroxylation sites is 1. The van der Waals surface area contributed by atoms with E-state index in [1.54, 1.807) is 24.3 Å². The lowest BCUT2D eigenvalue weighted by molar-refractivity contribution is -0.907. The molecule has 0 radical (unpaired) electrons. The van der Waals surface area contributed by atoms with E-state index in [0.717, 1.165) is 26.2 Å². The number of nitrogens with one attached hydrogen (secondary N) is 1. The predicted molar refractivity (Wildman–Crippen MR) is 114 cm³/mol. The highest BCUT2D eigenvalue weighted by Crippen LogP contribution is 2.26. The molecule has 2 fully saturated rings. The lowest BCUT2D eigenvalue weighted by Crippen LogP contribution is -3.16. The van der Waals surface area contributed by atoms with Crippen LogP contribution in [0.25, 0.3) is 0 Å². The van der Waals surface area contributed by atoms with Crippen LogP contribution in [0.1, 0.15) is 12.8 Å². The predicted octanol–water partition coefficient (Wildman–Crippen LogP) is 0.607. The van der Waals surface area contributed by atoms with E-state index in [-0.39, 0.29) is 0 Å². The van der Waals surface area contributed by atoms with Crippen LogP contribution in [0.15, 0.2) is 65.6 Å². The zero-order valence-corrected chi connectivity index (χ0v) is 17.5. The molecule has 0 atom stereocenters. The number of benzene rings is 2. The van der Waals surface area contributed by atoms with Gasteiger partial charge in [0, 0.05) is 18.8 Å². The van der Waals surface area contributed by atoms with Crippen molar-refractivity contribution in [3.63, 3.8) is 0 Å². The Morgan fingerprint density at radius 1 is 0.862 bits per heavy atom. The molecule has 7 heteroatoms. The Labute approximate surface area is 173 Å². The highest BCUT2D eigenvalue weighted by atomic mass is 32.2. The monoisotopic (exact) mass is 416 g/mol. The number of piperazine rings is 1. The molecule has 2 aromatic carbocycles. The van der Waals surface area contributed by atoms with E-state index in [1.807, 2.05) is 12.1 Å². The molecule has 2 heterocycles. The van der Waals surface area contributed by atoms with E-state index in [2.05, 4.69) is 29.2 Å². The number of sulfonamides is 1. The number of nitrogens with zero attached hydrogens (tertiary/aromatic N) is 2. The summed E-state index contributed by atoms with van der Waals surface area (Å²) in [7, 11) is -3.47. The summed E-state index contributed by atoms with van der Waals surface area (Å²) in [5.74, 6) is 0. The molecule has 2 aliphatic heterocycles. The maximum absolute atomic E-state index is 12.8. The third-order valence-electron chi connectivity index (χ3n) is 6.21. The molecule has 2 aromatic rings. The van der Waals surface area contributed by atoms with Gasteiger partial charge in [-0.15, -0.1) is 0 Å². The average Bonchev–Trinajstić information content (AvgIpc) is 2.76. The first-order valence-corrected chi connectivity index (χ1v) is 11.8. The minimum Gasteiger partial charge on any atom is -0.384 e. The highest BCUT2D eigenvalue weighted by Gasteiger charge is 2.40. The molecule has 6 nitrogen and oxygen atoms in total. The number of aliphatic hydroxyl groups is 1. The number of hydrogen-bond donors (Lipinski definition) is 2. The molecule has 156 valence electrons. The lowest BCUT2D eigenvalue weighted by atomic mass is 9.91. The van der Waals surface area contributed by atoms with E-state index in [9.17, 15) is 13.5 Å². The molecule has 0 amide bonds. The van der Waals surface area contributed by atoms with Gasteiger partial charge in [0.25, 0.3) is 0 Å². The van der Waals surface area contributed by atoms with Gasteiger partial charge in [0.05, 0.1) is 31.1 Å². The van der Waals surface area contributed by atoms with Crippen LogP contribution in [0.2, 0.25) is 0 Å². The molecule has 0 bridgehead atoms. The van der Waals surface area contributed by atoms with Crippen LogP contribution in [-0.2, 0) is 10.0 Å². The summed E-state index contributed by atoms with van der Waals surface area (Å²) in [5.41, 5.74) is 0.470. The maximum Gasteiger partial charge on any atom is 0.243 e. The fourth-order valence-electron chi connectivity index (χ4n) is 4.42. The van der Waals surface area contributed by atoms with E-state index < -0.39 is 15.6 Å². The Kier molecular flexibility index (Phi) is 5.92. The van der Waals surface area contributed by atoms with Crippen molar-refractivity contribution >= 4 is 15.7 Å². The van der Waals surface area contributed by atoms with Gasteiger partial charge in [-0.2, -0.15) is 4.31 Å². The third kappa shape index (κ3) is 4.64. The van der Waals surface area contributed by atoms with Crippen molar-refractivity contribution in [1.29, 1.82) is 0 Å². The van der Waals surface area contributed by atoms with Gasteiger partial charge in [0.15, 0.2) is 0 Å². The topological polar surface area (TPSA) is 65.3 Å². The molecule has 0 unspecified atom stereocenters. The fraction of sp³-hybridized carbons (Fsp3) is 0.455. The number of hydrogen-bond acceptors (Lipinski definition) is 4. The number of quaternary nitrogens is 1. The Balaban J connectivity index is 1.30. The smallest absolute Gasteiger partial charge is 0.243 e. The number of anilines is 1. The second kappa shape index (κ2) is 8.44. The first kappa shape index (κ1) is 20.3. The fourth-order valence-corrected chi connectivity index (χ4v) is 5.89. The van der Waals surface area contributed by atoms with Gasteiger partial charge in [-0.3, -0.25) is 0 Å². The largest absolute Gasteiger partial charge is 0.384 e. The summed E-state index contributed by atoms with van der Waals surface area (Å²) in [5, 5.41) is 11.1. The van der Waals surface area contributed by atoms with E-state index in [4.69, 9.17) is 0 Å². The van der Waals surface area contributed by atoms with Crippen LogP contribution in [0.5, 0.6) is 0 Å². The van der Waals surface area contributed by atoms with Gasteiger partial charge in [-0.25, -0.2) is 8.42 Å². The quantitative estimate of drug-likeness (QED) is 0.750. The molecule has 2 saturated heterocycles. The molecule has 0 spiro atoms. The van der Waals surface area contributed by atoms with Gasteiger partial charge in [-0.1, -0.05) is 36.4 Å². The molecule has 2 aliphatic rings. The standard InChI is InChI=1S/C22H29N3O3S/c26-22(19-23-15-17-24(18-16-23)20-7-3-1-4-8-20)11-13-25(14-12-22)29(27,28)21-9-5-2-6-10-21/h1-10,26H,11-19H2/p+1. The normalized spacial score (nSPS) is 21.2. The summed E-state index contributed by atoms with van der Waals surface area (Å²) < 4.78 is 27.1. The zero-order valence-electron chi connectivity index (χ0n) is 16.7. The molecule has 0 aliphatic carbocycles. The van der Waals surface area contributed by atoms with Crippen LogP contribution < -0.4 is 9.80 Å². The van der Waals surface area contributed by atoms with Crippen molar-refractivity contribution in [1.82, 2.24) is 4.31 Å². The molecule has 0 aromatic heterocycles. The van der Waals surface area contributed by atoms with Crippen molar-refractivity contribution in [2.45, 2.75) is 23.3 Å². The van der Waals surface area contributed by atoms with Crippen LogP contribution in [0, 0.1) is 0 Å². The van der Waals surface area contributed by atoms with E-state index in [0.29, 0.717) is 37.4 Å². The Hall–Kier alpha value is -1.93. The van der Waals surface area contributed by atoms with Crippen molar-refractivity contribution in [3.8, 4) is 0 Å². The SMILES string of the molecule is O=S(=O)(c1ccccc1)N1CCC(O)(C[NH+]2CCN(c3ccccc3)CC2)CC1. The van der Waals surface area contributed by atoms with Crippen molar-refractivity contribution in [2.75, 3.05) is 50.7 Å². The van der Waals surface area contributed by atoms with Crippen LogP contribution in [0.4, 0.5) is 5.69 Å². The summed E-state index contributed by atoms with van der Waals surface area (Å²) >= 11 is 0. The minimum absolute atomic E-state index is 0.327. The Bertz CT molecular complexity index is 889. The van der Waals surface area contributed by atoms with Crippen molar-refractivity contribution < 1.29 is 18.4 Å². The van der Waals surface area contributed by atoms with Crippen molar-refractivity contribution in [2.24, 2.45) is 0 Å². The molecular weight excluding hydrogens is 386 g/mol. The molecule has 29 heavy (non-hydrogen) atoms. The highest BCUT2D eigenvalue weighted by molar-refractivity contribution is 7.89. The minimum atomic E-state index is -3.47. The third-order valence-corrected chi connectivity index (χ3v) is 8.12. The van der Waals surface area contributed by atoms with Crippen molar-refractivity contribution in [3.05, 3.63) is 60.7 Å². The van der Waals surface area contributed by atoms with Gasteiger partial charge in [-0.05, 0) is 37.1 Å². The Morgan fingerprint density at radius 2 is 1.41 bits per heavy atom. The summed E-state index contributed by atoms with van der Waals surface area (Å²) in [6.45, 7) is 5.36. The van der Waals surface area contributed by atoms with Gasteiger partial charge >= 0.3 is 0 Å². The molecule has 2 N–H and O–H groups in total. The summed E-state index contributed by atoms with van der Waals surface area (Å²) in [4.78, 5) is 4.12.